The van der Waals surface area contributed by atoms with Gasteiger partial charge in [0.25, 0.3) is 0 Å². The summed E-state index contributed by atoms with van der Waals surface area (Å²) in [7, 11) is 3.11. The second kappa shape index (κ2) is 7.47. The normalized spacial score (nSPS) is 11.6. The van der Waals surface area contributed by atoms with Crippen molar-refractivity contribution in [1.29, 1.82) is 0 Å². The third-order valence-electron chi connectivity index (χ3n) is 3.29. The molecule has 2 aromatic rings. The van der Waals surface area contributed by atoms with E-state index in [-0.39, 0.29) is 5.91 Å². The van der Waals surface area contributed by atoms with E-state index >= 15 is 0 Å². The van der Waals surface area contributed by atoms with Crippen molar-refractivity contribution in [2.75, 3.05) is 19.5 Å². The van der Waals surface area contributed by atoms with Gasteiger partial charge in [-0.2, -0.15) is 0 Å². The molecule has 22 heavy (non-hydrogen) atoms. The largest absolute Gasteiger partial charge is 0.493 e. The molecule has 3 N–H and O–H groups in total. The van der Waals surface area contributed by atoms with Crippen LogP contribution >= 0.6 is 0 Å². The first-order chi connectivity index (χ1) is 10.6. The van der Waals surface area contributed by atoms with E-state index in [0.29, 0.717) is 23.6 Å². The zero-order valence-electron chi connectivity index (χ0n) is 12.7. The Hall–Kier alpha value is -2.53. The van der Waals surface area contributed by atoms with Crippen LogP contribution in [0.1, 0.15) is 5.56 Å². The molecule has 0 radical (unpaired) electrons. The molecular formula is C17H20N2O3. The maximum absolute atomic E-state index is 12.2. The molecule has 116 valence electrons. The molecule has 0 spiro atoms. The molecule has 1 amide bonds. The van der Waals surface area contributed by atoms with E-state index in [2.05, 4.69) is 5.32 Å². The maximum atomic E-state index is 12.2. The minimum atomic E-state index is -0.615. The summed E-state index contributed by atoms with van der Waals surface area (Å²) in [5.74, 6) is 0.919. The molecule has 0 aliphatic heterocycles. The van der Waals surface area contributed by atoms with Gasteiger partial charge in [-0.15, -0.1) is 0 Å². The van der Waals surface area contributed by atoms with Crippen LogP contribution in [0.15, 0.2) is 48.5 Å². The zero-order chi connectivity index (χ0) is 15.9. The van der Waals surface area contributed by atoms with Gasteiger partial charge < -0.3 is 20.5 Å². The standard InChI is InChI=1S/C17H20N2O3/c1-21-15-9-8-13(11-16(15)22-2)19-17(20)14(18)10-12-6-4-3-5-7-12/h3-9,11,14H,10,18H2,1-2H3,(H,19,20). The fraction of sp³-hybridized carbons (Fsp3) is 0.235. The van der Waals surface area contributed by atoms with Gasteiger partial charge in [-0.1, -0.05) is 30.3 Å². The molecule has 1 unspecified atom stereocenters. The van der Waals surface area contributed by atoms with Crippen LogP contribution in [0, 0.1) is 0 Å². The number of hydrogen-bond acceptors (Lipinski definition) is 4. The van der Waals surface area contributed by atoms with Crippen molar-refractivity contribution < 1.29 is 14.3 Å². The molecule has 0 bridgehead atoms. The number of amides is 1. The molecule has 0 aliphatic carbocycles. The van der Waals surface area contributed by atoms with Gasteiger partial charge in [0.05, 0.1) is 20.3 Å². The fourth-order valence-electron chi connectivity index (χ4n) is 2.11. The predicted molar refractivity (Wildman–Crippen MR) is 86.3 cm³/mol. The van der Waals surface area contributed by atoms with E-state index in [0.717, 1.165) is 5.56 Å². The van der Waals surface area contributed by atoms with Crippen molar-refractivity contribution in [2.24, 2.45) is 5.73 Å². The first kappa shape index (κ1) is 15.9. The van der Waals surface area contributed by atoms with E-state index in [4.69, 9.17) is 15.2 Å². The van der Waals surface area contributed by atoms with Crippen LogP contribution in [-0.2, 0) is 11.2 Å². The molecule has 1 atom stereocenters. The van der Waals surface area contributed by atoms with E-state index < -0.39 is 6.04 Å². The van der Waals surface area contributed by atoms with Crippen molar-refractivity contribution in [3.05, 3.63) is 54.1 Å². The van der Waals surface area contributed by atoms with Gasteiger partial charge in [0, 0.05) is 11.8 Å². The molecule has 0 saturated carbocycles. The lowest BCUT2D eigenvalue weighted by Crippen LogP contribution is -2.37. The number of carbonyl (C=O) groups excluding carboxylic acids is 1. The fourth-order valence-corrected chi connectivity index (χ4v) is 2.11. The summed E-state index contributed by atoms with van der Waals surface area (Å²) in [6, 6.07) is 14.2. The third kappa shape index (κ3) is 3.99. The van der Waals surface area contributed by atoms with E-state index in [9.17, 15) is 4.79 Å². The molecule has 0 fully saturated rings. The number of ether oxygens (including phenoxy) is 2. The van der Waals surface area contributed by atoms with Gasteiger partial charge in [0.2, 0.25) is 5.91 Å². The molecule has 5 heteroatoms. The summed E-state index contributed by atoms with van der Waals surface area (Å²) in [6.07, 6.45) is 0.486. The highest BCUT2D eigenvalue weighted by Crippen LogP contribution is 2.29. The Morgan fingerprint density at radius 1 is 1.09 bits per heavy atom. The monoisotopic (exact) mass is 300 g/mol. The molecule has 5 nitrogen and oxygen atoms in total. The van der Waals surface area contributed by atoms with Crippen LogP contribution in [-0.4, -0.2) is 26.2 Å². The third-order valence-corrected chi connectivity index (χ3v) is 3.29. The Kier molecular flexibility index (Phi) is 5.38. The topological polar surface area (TPSA) is 73.6 Å². The summed E-state index contributed by atoms with van der Waals surface area (Å²) in [6.45, 7) is 0. The number of nitrogens with one attached hydrogen (secondary N) is 1. The van der Waals surface area contributed by atoms with E-state index in [1.165, 1.54) is 0 Å². The average molecular weight is 300 g/mol. The summed E-state index contributed by atoms with van der Waals surface area (Å²) < 4.78 is 10.4. The summed E-state index contributed by atoms with van der Waals surface area (Å²) in [5.41, 5.74) is 7.60. The van der Waals surface area contributed by atoms with Crippen LogP contribution < -0.4 is 20.5 Å². The number of anilines is 1. The molecular weight excluding hydrogens is 280 g/mol. The van der Waals surface area contributed by atoms with Gasteiger partial charge in [0.15, 0.2) is 11.5 Å². The highest BCUT2D eigenvalue weighted by molar-refractivity contribution is 5.95. The minimum Gasteiger partial charge on any atom is -0.493 e. The van der Waals surface area contributed by atoms with Crippen LogP contribution in [0.4, 0.5) is 5.69 Å². The summed E-state index contributed by atoms with van der Waals surface area (Å²) >= 11 is 0. The van der Waals surface area contributed by atoms with Gasteiger partial charge in [-0.05, 0) is 24.1 Å². The second-order valence-corrected chi connectivity index (χ2v) is 4.86. The summed E-state index contributed by atoms with van der Waals surface area (Å²) in [4.78, 5) is 12.2. The van der Waals surface area contributed by atoms with E-state index in [1.54, 1.807) is 32.4 Å². The van der Waals surface area contributed by atoms with Crippen LogP contribution in [0.5, 0.6) is 11.5 Å². The number of carbonyl (C=O) groups is 1. The summed E-state index contributed by atoms with van der Waals surface area (Å²) in [5, 5.41) is 2.79. The SMILES string of the molecule is COc1ccc(NC(=O)C(N)Cc2ccccc2)cc1OC. The lowest BCUT2D eigenvalue weighted by atomic mass is 10.1. The highest BCUT2D eigenvalue weighted by atomic mass is 16.5. The highest BCUT2D eigenvalue weighted by Gasteiger charge is 2.15. The van der Waals surface area contributed by atoms with Crippen LogP contribution in [0.3, 0.4) is 0 Å². The Morgan fingerprint density at radius 3 is 2.41 bits per heavy atom. The number of benzene rings is 2. The van der Waals surface area contributed by atoms with Crippen molar-refractivity contribution >= 4 is 11.6 Å². The molecule has 0 aromatic heterocycles. The van der Waals surface area contributed by atoms with E-state index in [1.807, 2.05) is 30.3 Å². The average Bonchev–Trinajstić information content (AvgIpc) is 2.55. The number of nitrogens with two attached hydrogens (primary N) is 1. The molecule has 2 rings (SSSR count). The molecule has 2 aromatic carbocycles. The van der Waals surface area contributed by atoms with Crippen molar-refractivity contribution in [2.45, 2.75) is 12.5 Å². The van der Waals surface area contributed by atoms with Crippen LogP contribution in [0.25, 0.3) is 0 Å². The minimum absolute atomic E-state index is 0.240. The van der Waals surface area contributed by atoms with Crippen molar-refractivity contribution in [3.8, 4) is 11.5 Å². The smallest absolute Gasteiger partial charge is 0.241 e. The zero-order valence-corrected chi connectivity index (χ0v) is 12.7. The van der Waals surface area contributed by atoms with Crippen LogP contribution in [0.2, 0.25) is 0 Å². The Morgan fingerprint density at radius 2 is 1.77 bits per heavy atom. The maximum Gasteiger partial charge on any atom is 0.241 e. The first-order valence-electron chi connectivity index (χ1n) is 6.96. The molecule has 0 heterocycles. The number of methoxy groups -OCH3 is 2. The molecule has 0 aliphatic rings. The molecule has 0 saturated heterocycles. The van der Waals surface area contributed by atoms with Gasteiger partial charge in [-0.25, -0.2) is 0 Å². The Balaban J connectivity index is 2.02. The van der Waals surface area contributed by atoms with Crippen molar-refractivity contribution in [1.82, 2.24) is 0 Å². The quantitative estimate of drug-likeness (QED) is 0.858. The number of rotatable bonds is 6. The Bertz CT molecular complexity index is 629. The first-order valence-corrected chi connectivity index (χ1v) is 6.96. The lowest BCUT2D eigenvalue weighted by molar-refractivity contribution is -0.117. The Labute approximate surface area is 130 Å². The number of hydrogen-bond donors (Lipinski definition) is 2. The van der Waals surface area contributed by atoms with Gasteiger partial charge in [-0.3, -0.25) is 4.79 Å². The van der Waals surface area contributed by atoms with Gasteiger partial charge >= 0.3 is 0 Å². The second-order valence-electron chi connectivity index (χ2n) is 4.86. The lowest BCUT2D eigenvalue weighted by Gasteiger charge is -2.14. The van der Waals surface area contributed by atoms with Crippen molar-refractivity contribution in [3.63, 3.8) is 0 Å². The predicted octanol–water partition coefficient (Wildman–Crippen LogP) is 2.21. The van der Waals surface area contributed by atoms with Gasteiger partial charge in [0.1, 0.15) is 0 Å².